The van der Waals surface area contributed by atoms with Crippen LogP contribution in [0.25, 0.3) is 0 Å². The van der Waals surface area contributed by atoms with Crippen LogP contribution in [-0.4, -0.2) is 5.97 Å². The molecule has 120 valence electrons. The molecule has 3 rings (SSSR count). The maximum atomic E-state index is 12.9. The van der Waals surface area contributed by atoms with Crippen LogP contribution < -0.4 is 9.47 Å². The largest absolute Gasteiger partial charge is 0.488 e. The number of carbonyl (C=O) groups excluding carboxylic acids is 1. The summed E-state index contributed by atoms with van der Waals surface area (Å²) in [4.78, 5) is 12.3. The number of para-hydroxylation sites is 2. The maximum Gasteiger partial charge on any atom is 0.347 e. The fourth-order valence-corrected chi connectivity index (χ4v) is 2.15. The van der Waals surface area contributed by atoms with Crippen LogP contribution in [0.15, 0.2) is 78.9 Å². The number of ether oxygens (including phenoxy) is 2. The molecule has 0 aliphatic heterocycles. The zero-order valence-corrected chi connectivity index (χ0v) is 12.8. The van der Waals surface area contributed by atoms with Gasteiger partial charge in [0.2, 0.25) is 0 Å². The Kier molecular flexibility index (Phi) is 4.87. The molecule has 24 heavy (non-hydrogen) atoms. The van der Waals surface area contributed by atoms with E-state index in [1.807, 2.05) is 6.07 Å². The molecule has 3 aromatic rings. The molecule has 0 N–H and O–H groups in total. The van der Waals surface area contributed by atoms with Crippen molar-refractivity contribution in [2.24, 2.45) is 0 Å². The Morgan fingerprint density at radius 1 is 0.833 bits per heavy atom. The second kappa shape index (κ2) is 7.42. The molecule has 4 heteroatoms. The van der Waals surface area contributed by atoms with Crippen LogP contribution >= 0.6 is 0 Å². The third kappa shape index (κ3) is 3.98. The van der Waals surface area contributed by atoms with Gasteiger partial charge in [0.05, 0.1) is 0 Å². The standard InChI is InChI=1S/C20H15FO3/c21-16-12-10-15(11-13-16)14-23-19-9-5-4-8-18(19)20(22)24-17-6-2-1-3-7-17/h1-13H,14H2. The van der Waals surface area contributed by atoms with Gasteiger partial charge in [0.15, 0.2) is 0 Å². The number of hydrogen-bond acceptors (Lipinski definition) is 3. The number of carbonyl (C=O) groups is 1. The lowest BCUT2D eigenvalue weighted by Crippen LogP contribution is -2.10. The van der Waals surface area contributed by atoms with Crippen LogP contribution in [0.1, 0.15) is 15.9 Å². The summed E-state index contributed by atoms with van der Waals surface area (Å²) >= 11 is 0. The van der Waals surface area contributed by atoms with E-state index in [0.29, 0.717) is 17.1 Å². The van der Waals surface area contributed by atoms with Crippen LogP contribution in [-0.2, 0) is 6.61 Å². The summed E-state index contributed by atoms with van der Waals surface area (Å²) in [6, 6.07) is 21.7. The lowest BCUT2D eigenvalue weighted by molar-refractivity contribution is 0.0729. The SMILES string of the molecule is O=C(Oc1ccccc1)c1ccccc1OCc1ccc(F)cc1. The molecule has 0 radical (unpaired) electrons. The molecule has 0 spiro atoms. The van der Waals surface area contributed by atoms with Crippen LogP contribution in [0.4, 0.5) is 4.39 Å². The van der Waals surface area contributed by atoms with Gasteiger partial charge in [0.25, 0.3) is 0 Å². The first kappa shape index (κ1) is 15.7. The molecule has 0 amide bonds. The zero-order chi connectivity index (χ0) is 16.8. The van der Waals surface area contributed by atoms with Gasteiger partial charge in [-0.25, -0.2) is 9.18 Å². The molecule has 0 unspecified atom stereocenters. The van der Waals surface area contributed by atoms with Crippen molar-refractivity contribution in [1.29, 1.82) is 0 Å². The van der Waals surface area contributed by atoms with Crippen LogP contribution in [0, 0.1) is 5.82 Å². The number of halogens is 1. The van der Waals surface area contributed by atoms with Gasteiger partial charge in [-0.1, -0.05) is 42.5 Å². The first-order chi connectivity index (χ1) is 11.7. The van der Waals surface area contributed by atoms with Crippen LogP contribution in [0.3, 0.4) is 0 Å². The highest BCUT2D eigenvalue weighted by atomic mass is 19.1. The molecule has 3 aromatic carbocycles. The van der Waals surface area contributed by atoms with E-state index in [1.165, 1.54) is 12.1 Å². The molecule has 0 bridgehead atoms. The van der Waals surface area contributed by atoms with Crippen molar-refractivity contribution >= 4 is 5.97 Å². The summed E-state index contributed by atoms with van der Waals surface area (Å²) in [6.07, 6.45) is 0. The Hall–Kier alpha value is -3.14. The van der Waals surface area contributed by atoms with Gasteiger partial charge in [-0.3, -0.25) is 0 Å². The molecular formula is C20H15FO3. The van der Waals surface area contributed by atoms with Crippen molar-refractivity contribution in [3.63, 3.8) is 0 Å². The van der Waals surface area contributed by atoms with Gasteiger partial charge in [0, 0.05) is 0 Å². The van der Waals surface area contributed by atoms with Crippen molar-refractivity contribution in [3.8, 4) is 11.5 Å². The normalized spacial score (nSPS) is 10.2. The molecule has 0 aliphatic carbocycles. The van der Waals surface area contributed by atoms with E-state index in [2.05, 4.69) is 0 Å². The van der Waals surface area contributed by atoms with Gasteiger partial charge < -0.3 is 9.47 Å². The number of rotatable bonds is 5. The Bertz CT molecular complexity index is 814. The molecule has 0 saturated carbocycles. The predicted octanol–water partition coefficient (Wildman–Crippen LogP) is 4.62. The molecule has 0 atom stereocenters. The number of hydrogen-bond donors (Lipinski definition) is 0. The van der Waals surface area contributed by atoms with Crippen molar-refractivity contribution in [2.45, 2.75) is 6.61 Å². The van der Waals surface area contributed by atoms with Gasteiger partial charge in [-0.2, -0.15) is 0 Å². The minimum absolute atomic E-state index is 0.232. The monoisotopic (exact) mass is 322 g/mol. The molecule has 0 saturated heterocycles. The molecule has 0 heterocycles. The van der Waals surface area contributed by atoms with Crippen molar-refractivity contribution in [3.05, 3.63) is 95.8 Å². The first-order valence-corrected chi connectivity index (χ1v) is 7.46. The molecule has 0 fully saturated rings. The average molecular weight is 322 g/mol. The number of benzene rings is 3. The van der Waals surface area contributed by atoms with E-state index < -0.39 is 5.97 Å². The third-order valence-corrected chi connectivity index (χ3v) is 3.37. The summed E-state index contributed by atoms with van der Waals surface area (Å²) in [6.45, 7) is 0.232. The fourth-order valence-electron chi connectivity index (χ4n) is 2.15. The van der Waals surface area contributed by atoms with Crippen molar-refractivity contribution < 1.29 is 18.7 Å². The van der Waals surface area contributed by atoms with Crippen molar-refractivity contribution in [1.82, 2.24) is 0 Å². The summed E-state index contributed by atoms with van der Waals surface area (Å²) in [5.41, 5.74) is 1.14. The second-order valence-electron chi connectivity index (χ2n) is 5.11. The zero-order valence-electron chi connectivity index (χ0n) is 12.8. The molecule has 0 aliphatic rings. The second-order valence-corrected chi connectivity index (χ2v) is 5.11. The van der Waals surface area contributed by atoms with E-state index in [4.69, 9.17) is 9.47 Å². The lowest BCUT2D eigenvalue weighted by Gasteiger charge is -2.11. The predicted molar refractivity (Wildman–Crippen MR) is 88.6 cm³/mol. The quantitative estimate of drug-likeness (QED) is 0.508. The highest BCUT2D eigenvalue weighted by molar-refractivity contribution is 5.93. The van der Waals surface area contributed by atoms with E-state index in [-0.39, 0.29) is 12.4 Å². The summed E-state index contributed by atoms with van der Waals surface area (Å²) in [5, 5.41) is 0. The Morgan fingerprint density at radius 2 is 1.50 bits per heavy atom. The van der Waals surface area contributed by atoms with Gasteiger partial charge in [-0.05, 0) is 42.0 Å². The average Bonchev–Trinajstić information content (AvgIpc) is 2.62. The maximum absolute atomic E-state index is 12.9. The molecular weight excluding hydrogens is 307 g/mol. The highest BCUT2D eigenvalue weighted by Gasteiger charge is 2.14. The fraction of sp³-hybridized carbons (Fsp3) is 0.0500. The van der Waals surface area contributed by atoms with Crippen LogP contribution in [0.5, 0.6) is 11.5 Å². The molecule has 3 nitrogen and oxygen atoms in total. The minimum atomic E-state index is -0.490. The van der Waals surface area contributed by atoms with Crippen LogP contribution in [0.2, 0.25) is 0 Å². The summed E-state index contributed by atoms with van der Waals surface area (Å²) < 4.78 is 24.0. The van der Waals surface area contributed by atoms with Gasteiger partial charge >= 0.3 is 5.97 Å². The Morgan fingerprint density at radius 3 is 2.25 bits per heavy atom. The van der Waals surface area contributed by atoms with E-state index in [9.17, 15) is 9.18 Å². The van der Waals surface area contributed by atoms with Gasteiger partial charge in [-0.15, -0.1) is 0 Å². The van der Waals surface area contributed by atoms with Crippen molar-refractivity contribution in [2.75, 3.05) is 0 Å². The topological polar surface area (TPSA) is 35.5 Å². The third-order valence-electron chi connectivity index (χ3n) is 3.37. The Labute approximate surface area is 139 Å². The number of esters is 1. The van der Waals surface area contributed by atoms with E-state index in [0.717, 1.165) is 5.56 Å². The smallest absolute Gasteiger partial charge is 0.347 e. The lowest BCUT2D eigenvalue weighted by atomic mass is 10.2. The van der Waals surface area contributed by atoms with E-state index >= 15 is 0 Å². The van der Waals surface area contributed by atoms with Gasteiger partial charge in [0.1, 0.15) is 29.5 Å². The summed E-state index contributed by atoms with van der Waals surface area (Å²) in [5.74, 6) is 0.0973. The highest BCUT2D eigenvalue weighted by Crippen LogP contribution is 2.22. The first-order valence-electron chi connectivity index (χ1n) is 7.46. The summed E-state index contributed by atoms with van der Waals surface area (Å²) in [7, 11) is 0. The molecule has 0 aromatic heterocycles. The van der Waals surface area contributed by atoms with E-state index in [1.54, 1.807) is 60.7 Å². The Balaban J connectivity index is 1.72. The minimum Gasteiger partial charge on any atom is -0.488 e.